The summed E-state index contributed by atoms with van der Waals surface area (Å²) >= 11 is 0. The highest BCUT2D eigenvalue weighted by Crippen LogP contribution is 2.41. The van der Waals surface area contributed by atoms with E-state index in [1.165, 1.54) is 6.07 Å². The fourth-order valence-corrected chi connectivity index (χ4v) is 4.05. The Morgan fingerprint density at radius 2 is 2.04 bits per heavy atom. The van der Waals surface area contributed by atoms with E-state index in [0.717, 1.165) is 12.1 Å². The first-order valence-electron chi connectivity index (χ1n) is 8.67. The molecule has 0 aliphatic carbocycles. The number of amides is 2. The minimum Gasteiger partial charge on any atom is -0.380 e. The summed E-state index contributed by atoms with van der Waals surface area (Å²) in [6.07, 6.45) is 1.78. The molecule has 3 rings (SSSR count). The third-order valence-corrected chi connectivity index (χ3v) is 5.51. The number of rotatable bonds is 2. The summed E-state index contributed by atoms with van der Waals surface area (Å²) in [6.45, 7) is 1.43. The topological polar surface area (TPSA) is 73.6 Å². The highest BCUT2D eigenvalue weighted by molar-refractivity contribution is 5.95. The molecular weight excluding hydrogens is 337 g/mol. The van der Waals surface area contributed by atoms with E-state index in [9.17, 15) is 14.0 Å². The first-order valence-corrected chi connectivity index (χ1v) is 8.67. The molecule has 0 radical (unpaired) electrons. The number of halogens is 1. The summed E-state index contributed by atoms with van der Waals surface area (Å²) in [5.41, 5.74) is -0.210. The molecule has 6 nitrogen and oxygen atoms in total. The predicted octanol–water partition coefficient (Wildman–Crippen LogP) is 1.80. The molecule has 2 fully saturated rings. The number of likely N-dealkylation sites (N-methyl/N-ethyl adjacent to an activating group) is 1. The Morgan fingerprint density at radius 1 is 1.35 bits per heavy atom. The van der Waals surface area contributed by atoms with Crippen molar-refractivity contribution < 1.29 is 18.7 Å². The van der Waals surface area contributed by atoms with Crippen molar-refractivity contribution in [3.8, 4) is 6.07 Å². The number of methoxy groups -OCH3 is 1. The molecular formula is C19H22FN3O3. The van der Waals surface area contributed by atoms with Gasteiger partial charge in [-0.15, -0.1) is 0 Å². The molecule has 138 valence electrons. The molecule has 1 atom stereocenters. The number of ether oxygens (including phenoxy) is 1. The first-order chi connectivity index (χ1) is 12.4. The minimum absolute atomic E-state index is 0.00126. The maximum absolute atomic E-state index is 13.6. The number of carbonyl (C=O) groups is 2. The van der Waals surface area contributed by atoms with Crippen molar-refractivity contribution in [2.75, 3.05) is 33.8 Å². The molecule has 2 saturated heterocycles. The zero-order valence-electron chi connectivity index (χ0n) is 15.0. The summed E-state index contributed by atoms with van der Waals surface area (Å²) in [7, 11) is 3.43. The molecule has 1 aromatic rings. The molecule has 1 spiro atoms. The second-order valence-electron chi connectivity index (χ2n) is 7.16. The molecule has 2 amide bonds. The third-order valence-electron chi connectivity index (χ3n) is 5.51. The second-order valence-corrected chi connectivity index (χ2v) is 7.16. The van der Waals surface area contributed by atoms with Gasteiger partial charge in [0.2, 0.25) is 5.91 Å². The van der Waals surface area contributed by atoms with Crippen LogP contribution < -0.4 is 0 Å². The van der Waals surface area contributed by atoms with Gasteiger partial charge in [-0.3, -0.25) is 9.59 Å². The summed E-state index contributed by atoms with van der Waals surface area (Å²) in [5, 5.41) is 8.95. The Bertz CT molecular complexity index is 766. The average Bonchev–Trinajstić information content (AvgIpc) is 2.65. The molecule has 2 heterocycles. The monoisotopic (exact) mass is 359 g/mol. The highest BCUT2D eigenvalue weighted by atomic mass is 19.1. The van der Waals surface area contributed by atoms with E-state index in [0.29, 0.717) is 38.9 Å². The Kier molecular flexibility index (Phi) is 4.97. The number of hydrogen-bond acceptors (Lipinski definition) is 4. The maximum Gasteiger partial charge on any atom is 0.254 e. The molecule has 26 heavy (non-hydrogen) atoms. The van der Waals surface area contributed by atoms with E-state index >= 15 is 0 Å². The lowest BCUT2D eigenvalue weighted by Crippen LogP contribution is -2.57. The fraction of sp³-hybridized carbons (Fsp3) is 0.526. The van der Waals surface area contributed by atoms with Crippen molar-refractivity contribution in [3.05, 3.63) is 35.1 Å². The smallest absolute Gasteiger partial charge is 0.254 e. The quantitative estimate of drug-likeness (QED) is 0.807. The van der Waals surface area contributed by atoms with E-state index in [1.807, 2.05) is 6.07 Å². The largest absolute Gasteiger partial charge is 0.380 e. The number of nitrogens with zero attached hydrogens (tertiary/aromatic N) is 3. The Balaban J connectivity index is 1.74. The van der Waals surface area contributed by atoms with Crippen molar-refractivity contribution in [3.63, 3.8) is 0 Å². The summed E-state index contributed by atoms with van der Waals surface area (Å²) < 4.78 is 19.1. The Labute approximate surface area is 152 Å². The molecule has 0 N–H and O–H groups in total. The summed E-state index contributed by atoms with van der Waals surface area (Å²) in [6, 6.07) is 5.51. The third kappa shape index (κ3) is 3.29. The van der Waals surface area contributed by atoms with Gasteiger partial charge < -0.3 is 14.5 Å². The van der Waals surface area contributed by atoms with Gasteiger partial charge in [0.05, 0.1) is 23.2 Å². The van der Waals surface area contributed by atoms with Crippen LogP contribution in [-0.4, -0.2) is 61.5 Å². The van der Waals surface area contributed by atoms with Gasteiger partial charge in [-0.2, -0.15) is 5.26 Å². The second kappa shape index (κ2) is 7.04. The standard InChI is InChI=1S/C19H22FN3O3/c1-22-12-16(26-2)10-19(18(22)25)3-5-23(6-4-19)17(24)14-7-13(11-21)8-15(20)9-14/h7-9,16H,3-6,10,12H2,1-2H3. The number of benzene rings is 1. The number of carbonyl (C=O) groups excluding carboxylic acids is 2. The highest BCUT2D eigenvalue weighted by Gasteiger charge is 2.48. The van der Waals surface area contributed by atoms with Crippen LogP contribution in [0.15, 0.2) is 18.2 Å². The Morgan fingerprint density at radius 3 is 2.65 bits per heavy atom. The van der Waals surface area contributed by atoms with Crippen molar-refractivity contribution in [2.24, 2.45) is 5.41 Å². The van der Waals surface area contributed by atoms with Gasteiger partial charge in [0.25, 0.3) is 5.91 Å². The van der Waals surface area contributed by atoms with Crippen molar-refractivity contribution in [1.82, 2.24) is 9.80 Å². The van der Waals surface area contributed by atoms with E-state index < -0.39 is 11.2 Å². The normalized spacial score (nSPS) is 22.4. The lowest BCUT2D eigenvalue weighted by molar-refractivity contribution is -0.155. The van der Waals surface area contributed by atoms with Crippen LogP contribution >= 0.6 is 0 Å². The molecule has 0 aromatic heterocycles. The predicted molar refractivity (Wildman–Crippen MR) is 91.7 cm³/mol. The Hall–Kier alpha value is -2.46. The van der Waals surface area contributed by atoms with Crippen molar-refractivity contribution in [1.29, 1.82) is 5.26 Å². The number of likely N-dealkylation sites (tertiary alicyclic amines) is 2. The van der Waals surface area contributed by atoms with E-state index in [-0.39, 0.29) is 29.0 Å². The van der Waals surface area contributed by atoms with Crippen LogP contribution in [-0.2, 0) is 9.53 Å². The van der Waals surface area contributed by atoms with Gasteiger partial charge in [0.15, 0.2) is 0 Å². The van der Waals surface area contributed by atoms with Gasteiger partial charge in [-0.05, 0) is 37.5 Å². The molecule has 0 saturated carbocycles. The lowest BCUT2D eigenvalue weighted by atomic mass is 9.71. The fourth-order valence-electron chi connectivity index (χ4n) is 4.05. The van der Waals surface area contributed by atoms with E-state index in [1.54, 1.807) is 24.0 Å². The van der Waals surface area contributed by atoms with Gasteiger partial charge in [0, 0.05) is 39.4 Å². The lowest BCUT2D eigenvalue weighted by Gasteiger charge is -2.47. The number of piperidine rings is 2. The summed E-state index contributed by atoms with van der Waals surface area (Å²) in [5.74, 6) is -0.806. The SMILES string of the molecule is COC1CN(C)C(=O)C2(CCN(C(=O)c3cc(F)cc(C#N)c3)CC2)C1. The maximum atomic E-state index is 13.6. The van der Waals surface area contributed by atoms with Crippen LogP contribution in [0.1, 0.15) is 35.2 Å². The molecule has 2 aliphatic rings. The van der Waals surface area contributed by atoms with Gasteiger partial charge in [0.1, 0.15) is 5.82 Å². The van der Waals surface area contributed by atoms with Crippen LogP contribution in [0.25, 0.3) is 0 Å². The number of hydrogen-bond donors (Lipinski definition) is 0. The van der Waals surface area contributed by atoms with Gasteiger partial charge in [-0.25, -0.2) is 4.39 Å². The molecule has 1 aromatic carbocycles. The van der Waals surface area contributed by atoms with Crippen LogP contribution in [0.4, 0.5) is 4.39 Å². The number of nitriles is 1. The van der Waals surface area contributed by atoms with Crippen molar-refractivity contribution in [2.45, 2.75) is 25.4 Å². The van der Waals surface area contributed by atoms with Crippen LogP contribution in [0.2, 0.25) is 0 Å². The summed E-state index contributed by atoms with van der Waals surface area (Å²) in [4.78, 5) is 28.7. The molecule has 2 aliphatic heterocycles. The zero-order chi connectivity index (χ0) is 18.9. The molecule has 0 bridgehead atoms. The zero-order valence-corrected chi connectivity index (χ0v) is 15.0. The molecule has 7 heteroatoms. The van der Waals surface area contributed by atoms with Gasteiger partial charge in [-0.1, -0.05) is 0 Å². The van der Waals surface area contributed by atoms with Gasteiger partial charge >= 0.3 is 0 Å². The molecule has 1 unspecified atom stereocenters. The average molecular weight is 359 g/mol. The van der Waals surface area contributed by atoms with Crippen LogP contribution in [0.3, 0.4) is 0 Å². The van der Waals surface area contributed by atoms with Crippen LogP contribution in [0.5, 0.6) is 0 Å². The van der Waals surface area contributed by atoms with E-state index in [2.05, 4.69) is 0 Å². The van der Waals surface area contributed by atoms with Crippen molar-refractivity contribution >= 4 is 11.8 Å². The van der Waals surface area contributed by atoms with Crippen LogP contribution in [0, 0.1) is 22.6 Å². The minimum atomic E-state index is -0.604. The first kappa shape index (κ1) is 18.3. The van der Waals surface area contributed by atoms with E-state index in [4.69, 9.17) is 10.00 Å².